The van der Waals surface area contributed by atoms with Crippen molar-refractivity contribution in [3.05, 3.63) is 65.2 Å². The van der Waals surface area contributed by atoms with Crippen molar-refractivity contribution in [2.75, 3.05) is 37.6 Å². The van der Waals surface area contributed by atoms with Crippen LogP contribution in [0.2, 0.25) is 0 Å². The number of benzene rings is 2. The number of amides is 3. The van der Waals surface area contributed by atoms with Gasteiger partial charge >= 0.3 is 6.03 Å². The second-order valence-corrected chi connectivity index (χ2v) is 9.40. The third-order valence-corrected chi connectivity index (χ3v) is 7.38. The van der Waals surface area contributed by atoms with Crippen LogP contribution in [0.25, 0.3) is 0 Å². The van der Waals surface area contributed by atoms with Crippen LogP contribution in [0.4, 0.5) is 10.5 Å². The number of hydrogen-bond donors (Lipinski definition) is 0. The molecule has 2 aromatic rings. The number of urea groups is 1. The van der Waals surface area contributed by atoms with Gasteiger partial charge in [-0.25, -0.2) is 4.79 Å². The maximum absolute atomic E-state index is 13.2. The van der Waals surface area contributed by atoms with E-state index in [1.807, 2.05) is 32.9 Å². The molecule has 162 valence electrons. The lowest BCUT2D eigenvalue weighted by atomic mass is 9.74. The van der Waals surface area contributed by atoms with Gasteiger partial charge < -0.3 is 9.80 Å². The number of carbonyl (C=O) groups excluding carboxylic acids is 2. The minimum Gasteiger partial charge on any atom is -0.342 e. The summed E-state index contributed by atoms with van der Waals surface area (Å²) in [6.45, 7) is 6.04. The molecule has 5 nitrogen and oxygen atoms in total. The Kier molecular flexibility index (Phi) is 5.20. The van der Waals surface area contributed by atoms with Crippen molar-refractivity contribution in [2.24, 2.45) is 0 Å². The second-order valence-electron chi connectivity index (χ2n) is 9.40. The van der Waals surface area contributed by atoms with Gasteiger partial charge in [-0.15, -0.1) is 0 Å². The Balaban J connectivity index is 1.29. The summed E-state index contributed by atoms with van der Waals surface area (Å²) in [5, 5.41) is 0. The van der Waals surface area contributed by atoms with E-state index in [4.69, 9.17) is 0 Å². The molecule has 1 spiro atoms. The Morgan fingerprint density at radius 3 is 2.26 bits per heavy atom. The first kappa shape index (κ1) is 20.1. The van der Waals surface area contributed by atoms with Gasteiger partial charge in [0, 0.05) is 43.8 Å². The van der Waals surface area contributed by atoms with Gasteiger partial charge in [0.15, 0.2) is 0 Å². The lowest BCUT2D eigenvalue weighted by molar-refractivity contribution is -0.132. The van der Waals surface area contributed by atoms with E-state index in [0.717, 1.165) is 69.7 Å². The van der Waals surface area contributed by atoms with Gasteiger partial charge in [0.1, 0.15) is 0 Å². The van der Waals surface area contributed by atoms with Gasteiger partial charge in [0.25, 0.3) is 0 Å². The maximum Gasteiger partial charge on any atom is 0.324 e. The first-order valence-corrected chi connectivity index (χ1v) is 11.6. The number of para-hydroxylation sites is 1. The predicted octanol–water partition coefficient (Wildman–Crippen LogP) is 4.13. The number of anilines is 1. The molecule has 3 aliphatic heterocycles. The first-order valence-electron chi connectivity index (χ1n) is 11.6. The third-order valence-electron chi connectivity index (χ3n) is 7.38. The summed E-state index contributed by atoms with van der Waals surface area (Å²) in [6, 6.07) is 16.8. The zero-order chi connectivity index (χ0) is 21.4. The van der Waals surface area contributed by atoms with Crippen LogP contribution in [-0.4, -0.2) is 54.5 Å². The highest BCUT2D eigenvalue weighted by atomic mass is 16.2. The monoisotopic (exact) mass is 417 g/mol. The van der Waals surface area contributed by atoms with Gasteiger partial charge in [-0.3, -0.25) is 9.69 Å². The Labute approximate surface area is 184 Å². The summed E-state index contributed by atoms with van der Waals surface area (Å²) in [4.78, 5) is 32.1. The second kappa shape index (κ2) is 8.03. The number of nitrogens with zero attached hydrogens (tertiary/aromatic N) is 3. The van der Waals surface area contributed by atoms with Gasteiger partial charge in [0.05, 0.1) is 6.42 Å². The standard InChI is InChI=1S/C26H31N3O2/c1-20-8-10-21(11-9-20)18-24(30)27-16-12-26(13-17-27)19-29(23-7-3-2-6-22(23)26)25(31)28-14-4-5-15-28/h2-3,6-11H,4-5,12-19H2,1H3. The molecule has 3 amide bonds. The van der Waals surface area contributed by atoms with Crippen LogP contribution in [0.5, 0.6) is 0 Å². The van der Waals surface area contributed by atoms with Crippen molar-refractivity contribution in [3.8, 4) is 0 Å². The Hall–Kier alpha value is -2.82. The summed E-state index contributed by atoms with van der Waals surface area (Å²) in [5.74, 6) is 0.204. The molecule has 0 atom stereocenters. The summed E-state index contributed by atoms with van der Waals surface area (Å²) < 4.78 is 0. The van der Waals surface area contributed by atoms with Crippen molar-refractivity contribution < 1.29 is 9.59 Å². The van der Waals surface area contributed by atoms with Crippen LogP contribution in [-0.2, 0) is 16.6 Å². The number of carbonyl (C=O) groups is 2. The minimum atomic E-state index is -0.0351. The molecule has 0 N–H and O–H groups in total. The molecule has 2 fully saturated rings. The molecule has 2 aromatic carbocycles. The van der Waals surface area contributed by atoms with E-state index in [2.05, 4.69) is 37.3 Å². The molecule has 31 heavy (non-hydrogen) atoms. The molecular weight excluding hydrogens is 386 g/mol. The van der Waals surface area contributed by atoms with Crippen LogP contribution in [0.1, 0.15) is 42.4 Å². The number of rotatable bonds is 2. The van der Waals surface area contributed by atoms with Gasteiger partial charge in [-0.2, -0.15) is 0 Å². The molecule has 2 saturated heterocycles. The average Bonchev–Trinajstić information content (AvgIpc) is 3.43. The fourth-order valence-electron chi connectivity index (χ4n) is 5.48. The molecule has 5 heteroatoms. The summed E-state index contributed by atoms with van der Waals surface area (Å²) >= 11 is 0. The first-order chi connectivity index (χ1) is 15.1. The van der Waals surface area contributed by atoms with E-state index in [1.54, 1.807) is 0 Å². The molecular formula is C26H31N3O2. The number of fused-ring (bicyclic) bond motifs is 2. The van der Waals surface area contributed by atoms with E-state index in [1.165, 1.54) is 11.1 Å². The predicted molar refractivity (Wildman–Crippen MR) is 122 cm³/mol. The minimum absolute atomic E-state index is 0.0351. The largest absolute Gasteiger partial charge is 0.342 e. The normalized spacial score (nSPS) is 19.7. The van der Waals surface area contributed by atoms with Gasteiger partial charge in [0.2, 0.25) is 5.91 Å². The van der Waals surface area contributed by atoms with E-state index in [-0.39, 0.29) is 17.4 Å². The lowest BCUT2D eigenvalue weighted by Gasteiger charge is -2.40. The van der Waals surface area contributed by atoms with Crippen molar-refractivity contribution in [1.29, 1.82) is 0 Å². The Morgan fingerprint density at radius 1 is 0.871 bits per heavy atom. The smallest absolute Gasteiger partial charge is 0.324 e. The molecule has 5 rings (SSSR count). The van der Waals surface area contributed by atoms with Crippen LogP contribution < -0.4 is 4.90 Å². The highest BCUT2D eigenvalue weighted by Crippen LogP contribution is 2.47. The number of piperidine rings is 1. The number of likely N-dealkylation sites (tertiary alicyclic amines) is 2. The van der Waals surface area contributed by atoms with E-state index < -0.39 is 0 Å². The molecule has 0 aliphatic carbocycles. The molecule has 0 unspecified atom stereocenters. The van der Waals surface area contributed by atoms with Crippen LogP contribution in [0.15, 0.2) is 48.5 Å². The van der Waals surface area contributed by atoms with Crippen molar-refractivity contribution >= 4 is 17.6 Å². The van der Waals surface area contributed by atoms with Crippen LogP contribution in [0, 0.1) is 6.92 Å². The molecule has 3 aliphatic rings. The molecule has 3 heterocycles. The van der Waals surface area contributed by atoms with E-state index >= 15 is 0 Å². The summed E-state index contributed by atoms with van der Waals surface area (Å²) in [5.41, 5.74) is 4.60. The highest BCUT2D eigenvalue weighted by molar-refractivity contribution is 5.95. The zero-order valence-corrected chi connectivity index (χ0v) is 18.3. The van der Waals surface area contributed by atoms with E-state index in [0.29, 0.717) is 6.42 Å². The quantitative estimate of drug-likeness (QED) is 0.737. The lowest BCUT2D eigenvalue weighted by Crippen LogP contribution is -2.49. The van der Waals surface area contributed by atoms with Crippen LogP contribution in [0.3, 0.4) is 0 Å². The Morgan fingerprint density at radius 2 is 1.55 bits per heavy atom. The topological polar surface area (TPSA) is 43.9 Å². The van der Waals surface area contributed by atoms with Gasteiger partial charge in [-0.05, 0) is 49.8 Å². The zero-order valence-electron chi connectivity index (χ0n) is 18.3. The molecule has 0 saturated carbocycles. The van der Waals surface area contributed by atoms with Crippen LogP contribution >= 0.6 is 0 Å². The summed E-state index contributed by atoms with van der Waals surface area (Å²) in [7, 11) is 0. The number of hydrogen-bond acceptors (Lipinski definition) is 2. The Bertz CT molecular complexity index is 970. The van der Waals surface area contributed by atoms with E-state index in [9.17, 15) is 9.59 Å². The fourth-order valence-corrected chi connectivity index (χ4v) is 5.48. The van der Waals surface area contributed by atoms with Gasteiger partial charge in [-0.1, -0.05) is 48.0 Å². The highest BCUT2D eigenvalue weighted by Gasteiger charge is 2.47. The third kappa shape index (κ3) is 3.71. The van der Waals surface area contributed by atoms with Crippen molar-refractivity contribution in [3.63, 3.8) is 0 Å². The molecule has 0 bridgehead atoms. The molecule has 0 aromatic heterocycles. The molecule has 0 radical (unpaired) electrons. The van der Waals surface area contributed by atoms with Crippen molar-refractivity contribution in [1.82, 2.24) is 9.80 Å². The van der Waals surface area contributed by atoms with Crippen molar-refractivity contribution in [2.45, 2.75) is 44.4 Å². The maximum atomic E-state index is 13.2. The SMILES string of the molecule is Cc1ccc(CC(=O)N2CCC3(CC2)CN(C(=O)N2CCCC2)c2ccccc23)cc1. The fraction of sp³-hybridized carbons (Fsp3) is 0.462. The summed E-state index contributed by atoms with van der Waals surface area (Å²) in [6.07, 6.45) is 4.49. The number of aryl methyl sites for hydroxylation is 1. The average molecular weight is 418 g/mol.